The summed E-state index contributed by atoms with van der Waals surface area (Å²) in [6, 6.07) is 0. The minimum atomic E-state index is -1.64. The second-order valence-electron chi connectivity index (χ2n) is 21.4. The van der Waals surface area contributed by atoms with E-state index in [1.165, 1.54) is 6.92 Å². The largest absolute Gasteiger partial charge is 0.394 e. The van der Waals surface area contributed by atoms with Crippen LogP contribution in [0.3, 0.4) is 0 Å². The van der Waals surface area contributed by atoms with Crippen molar-refractivity contribution >= 4 is 0 Å². The quantitative estimate of drug-likeness (QED) is 0.107. The van der Waals surface area contributed by atoms with Gasteiger partial charge in [0.1, 0.15) is 67.1 Å². The molecule has 0 radical (unpaired) electrons. The number of hydrogen-bond donors (Lipinski definition) is 11. The Balaban J connectivity index is 0.868. The van der Waals surface area contributed by atoms with Crippen LogP contribution in [0.4, 0.5) is 0 Å². The van der Waals surface area contributed by atoms with Gasteiger partial charge in [0.05, 0.1) is 38.1 Å². The van der Waals surface area contributed by atoms with Gasteiger partial charge in [-0.3, -0.25) is 0 Å². The molecule has 8 aliphatic rings. The van der Waals surface area contributed by atoms with Crippen molar-refractivity contribution in [2.45, 2.75) is 209 Å². The SMILES string of the molecule is C[C@H](CC[C@@]1(O)OC2C[C@H]3[C@@H]4CC[C@@H]5C[C@@H](O[C@@H]6O[C@H](CO)[C@@H](O)[C@H](O)[C@H]6O[C@@H]6O[C@@H](C)[C@H](O)[C@@H](O)[C@H]6O)CC[C@]5(C)[C@H]4CC[C@]3(C)[C@H]2[C@@H]1C)CO[C@@H]1O[C@H](CO)[C@@H](O)[C@H](O)[C@H]1O. The molecule has 4 aliphatic heterocycles. The van der Waals surface area contributed by atoms with E-state index in [-0.39, 0.29) is 47.4 Å². The number of ether oxygens (including phenoxy) is 7. The Bertz CT molecular complexity index is 1540. The van der Waals surface area contributed by atoms with Crippen LogP contribution in [0.1, 0.15) is 98.8 Å². The van der Waals surface area contributed by atoms with Gasteiger partial charge in [-0.15, -0.1) is 0 Å². The first-order chi connectivity index (χ1) is 29.8. The number of aliphatic hydroxyl groups is 11. The van der Waals surface area contributed by atoms with Gasteiger partial charge in [-0.1, -0.05) is 27.7 Å². The van der Waals surface area contributed by atoms with Gasteiger partial charge in [0.15, 0.2) is 24.7 Å². The smallest absolute Gasteiger partial charge is 0.187 e. The summed E-state index contributed by atoms with van der Waals surface area (Å²) in [6.07, 6.45) is -12.1. The second kappa shape index (κ2) is 18.6. The van der Waals surface area contributed by atoms with Gasteiger partial charge in [-0.2, -0.15) is 0 Å². The zero-order valence-corrected chi connectivity index (χ0v) is 37.3. The van der Waals surface area contributed by atoms with Crippen LogP contribution < -0.4 is 0 Å². The molecule has 27 atom stereocenters. The average Bonchev–Trinajstić information content (AvgIpc) is 3.70. The van der Waals surface area contributed by atoms with Crippen molar-refractivity contribution in [3.05, 3.63) is 0 Å². The maximum atomic E-state index is 12.1. The molecule has 0 spiro atoms. The molecule has 364 valence electrons. The van der Waals surface area contributed by atoms with Crippen molar-refractivity contribution in [1.29, 1.82) is 0 Å². The Kier molecular flexibility index (Phi) is 14.4. The molecule has 63 heavy (non-hydrogen) atoms. The lowest BCUT2D eigenvalue weighted by atomic mass is 9.44. The lowest BCUT2D eigenvalue weighted by molar-refractivity contribution is -0.371. The number of aliphatic hydroxyl groups excluding tert-OH is 10. The topological polar surface area (TPSA) is 287 Å². The van der Waals surface area contributed by atoms with Crippen LogP contribution in [0, 0.1) is 52.3 Å². The van der Waals surface area contributed by atoms with E-state index in [0.29, 0.717) is 36.5 Å². The van der Waals surface area contributed by atoms with Crippen LogP contribution in [-0.4, -0.2) is 186 Å². The molecule has 4 saturated carbocycles. The van der Waals surface area contributed by atoms with Crippen molar-refractivity contribution in [1.82, 2.24) is 0 Å². The minimum absolute atomic E-state index is 0.0145. The maximum absolute atomic E-state index is 12.1. The highest BCUT2D eigenvalue weighted by molar-refractivity contribution is 5.15. The highest BCUT2D eigenvalue weighted by atomic mass is 16.8. The van der Waals surface area contributed by atoms with Gasteiger partial charge in [0, 0.05) is 12.3 Å². The predicted octanol–water partition coefficient (Wildman–Crippen LogP) is -0.752. The average molecular weight is 905 g/mol. The lowest BCUT2D eigenvalue weighted by Crippen LogP contribution is -2.64. The van der Waals surface area contributed by atoms with Gasteiger partial charge >= 0.3 is 0 Å². The van der Waals surface area contributed by atoms with Crippen LogP contribution in [-0.2, 0) is 33.2 Å². The van der Waals surface area contributed by atoms with Crippen LogP contribution in [0.5, 0.6) is 0 Å². The first-order valence-corrected chi connectivity index (χ1v) is 23.7. The first-order valence-electron chi connectivity index (χ1n) is 23.7. The van der Waals surface area contributed by atoms with Crippen molar-refractivity contribution in [2.24, 2.45) is 52.3 Å². The molecule has 4 heterocycles. The standard InChI is InChI=1S/C45H76O18/c1-19(18-57-40-37(54)35(52)32(49)28(16-46)60-40)8-13-45(56)20(2)30-27(63-45)15-26-24-7-6-22-14-23(9-11-43(22,4)25(24)10-12-44(26,30)5)59-42-39(36(53)33(50)29(17-47)61-42)62-41-38(55)34(51)31(48)21(3)58-41/h19-42,46-56H,6-18H2,1-5H3/t19-,20+,21+,22-,23+,24-,25+,26+,27?,28-,29-,30+,31+,32-,33-,34-,35+,36+,37-,38-,39-,40-,41+,42-,43+,44+,45-/m1/s1. The van der Waals surface area contributed by atoms with E-state index in [1.807, 2.05) is 6.92 Å². The summed E-state index contributed by atoms with van der Waals surface area (Å²) < 4.78 is 42.2. The molecule has 0 amide bonds. The van der Waals surface area contributed by atoms with Crippen molar-refractivity contribution in [3.63, 3.8) is 0 Å². The lowest BCUT2D eigenvalue weighted by Gasteiger charge is -2.61. The van der Waals surface area contributed by atoms with E-state index in [1.54, 1.807) is 0 Å². The zero-order chi connectivity index (χ0) is 45.5. The summed E-state index contributed by atoms with van der Waals surface area (Å²) in [4.78, 5) is 0. The molecule has 4 aliphatic carbocycles. The first kappa shape index (κ1) is 48.7. The molecule has 4 saturated heterocycles. The molecule has 8 fully saturated rings. The second-order valence-corrected chi connectivity index (χ2v) is 21.4. The van der Waals surface area contributed by atoms with Gasteiger partial charge < -0.3 is 89.3 Å². The molecule has 0 aromatic heterocycles. The van der Waals surface area contributed by atoms with E-state index in [0.717, 1.165) is 51.4 Å². The third-order valence-electron chi connectivity index (χ3n) is 17.9. The third-order valence-corrected chi connectivity index (χ3v) is 17.9. The van der Waals surface area contributed by atoms with Crippen LogP contribution >= 0.6 is 0 Å². The summed E-state index contributed by atoms with van der Waals surface area (Å²) in [6.45, 7) is 9.57. The molecule has 1 unspecified atom stereocenters. The fraction of sp³-hybridized carbons (Fsp3) is 1.00. The molecule has 18 heteroatoms. The molecule has 18 nitrogen and oxygen atoms in total. The minimum Gasteiger partial charge on any atom is -0.394 e. The van der Waals surface area contributed by atoms with E-state index in [9.17, 15) is 56.2 Å². The van der Waals surface area contributed by atoms with Gasteiger partial charge in [-0.05, 0) is 111 Å². The van der Waals surface area contributed by atoms with Crippen LogP contribution in [0.25, 0.3) is 0 Å². The highest BCUT2D eigenvalue weighted by Crippen LogP contribution is 2.71. The Labute approximate surface area is 369 Å². The molecule has 0 aromatic carbocycles. The summed E-state index contributed by atoms with van der Waals surface area (Å²) in [5.41, 5.74) is 0.0866. The van der Waals surface area contributed by atoms with E-state index in [4.69, 9.17) is 33.2 Å². The van der Waals surface area contributed by atoms with E-state index in [2.05, 4.69) is 20.8 Å². The Morgan fingerprint density at radius 3 is 1.98 bits per heavy atom. The van der Waals surface area contributed by atoms with Crippen LogP contribution in [0.15, 0.2) is 0 Å². The van der Waals surface area contributed by atoms with E-state index < -0.39 is 111 Å². The number of fused-ring (bicyclic) bond motifs is 7. The maximum Gasteiger partial charge on any atom is 0.187 e. The fourth-order valence-corrected chi connectivity index (χ4v) is 14.1. The van der Waals surface area contributed by atoms with E-state index >= 15 is 0 Å². The molecular weight excluding hydrogens is 828 g/mol. The predicted molar refractivity (Wildman–Crippen MR) is 218 cm³/mol. The Hall–Kier alpha value is -0.720. The van der Waals surface area contributed by atoms with Gasteiger partial charge in [0.25, 0.3) is 0 Å². The Morgan fingerprint density at radius 2 is 1.29 bits per heavy atom. The Morgan fingerprint density at radius 1 is 0.651 bits per heavy atom. The zero-order valence-electron chi connectivity index (χ0n) is 37.3. The molecule has 11 N–H and O–H groups in total. The summed E-state index contributed by atoms with van der Waals surface area (Å²) in [7, 11) is 0. The number of hydrogen-bond acceptors (Lipinski definition) is 18. The van der Waals surface area contributed by atoms with Crippen molar-refractivity contribution in [2.75, 3.05) is 19.8 Å². The summed E-state index contributed by atoms with van der Waals surface area (Å²) in [5, 5.41) is 115. The molecule has 0 aromatic rings. The monoisotopic (exact) mass is 905 g/mol. The molecular formula is C45H76O18. The van der Waals surface area contributed by atoms with Crippen LogP contribution in [0.2, 0.25) is 0 Å². The summed E-state index contributed by atoms with van der Waals surface area (Å²) >= 11 is 0. The molecule has 0 bridgehead atoms. The summed E-state index contributed by atoms with van der Waals surface area (Å²) in [5.74, 6) is 0.658. The third kappa shape index (κ3) is 8.60. The van der Waals surface area contributed by atoms with Gasteiger partial charge in [0.2, 0.25) is 0 Å². The molecule has 8 rings (SSSR count). The normalized spacial score (nSPS) is 56.3. The van der Waals surface area contributed by atoms with Gasteiger partial charge in [-0.25, -0.2) is 0 Å². The fourth-order valence-electron chi connectivity index (χ4n) is 14.1. The number of rotatable bonds is 12. The highest BCUT2D eigenvalue weighted by Gasteiger charge is 2.68. The van der Waals surface area contributed by atoms with Crippen molar-refractivity contribution in [3.8, 4) is 0 Å². The van der Waals surface area contributed by atoms with Crippen molar-refractivity contribution < 1.29 is 89.3 Å².